The number of hydrogen-bond acceptors (Lipinski definition) is 6. The summed E-state index contributed by atoms with van der Waals surface area (Å²) < 4.78 is 9.91. The highest BCUT2D eigenvalue weighted by molar-refractivity contribution is 9.10. The van der Waals surface area contributed by atoms with E-state index in [2.05, 4.69) is 25.4 Å². The van der Waals surface area contributed by atoms with Crippen LogP contribution in [0, 0.1) is 17.2 Å². The Morgan fingerprint density at radius 3 is 2.52 bits per heavy atom. The average Bonchev–Trinajstić information content (AvgIpc) is 2.75. The van der Waals surface area contributed by atoms with Gasteiger partial charge in [0.15, 0.2) is 5.92 Å². The van der Waals surface area contributed by atoms with Crippen molar-refractivity contribution in [3.05, 3.63) is 28.2 Å². The molecule has 7 nitrogen and oxygen atoms in total. The van der Waals surface area contributed by atoms with Gasteiger partial charge in [-0.2, -0.15) is 5.26 Å². The summed E-state index contributed by atoms with van der Waals surface area (Å²) in [5.74, 6) is -2.95. The number of nitrogens with zero attached hydrogens (tertiary/aromatic N) is 2. The number of rotatable bonds is 2. The zero-order valence-corrected chi connectivity index (χ0v) is 14.2. The lowest BCUT2D eigenvalue weighted by Crippen LogP contribution is -2.47. The molecule has 0 N–H and O–H groups in total. The van der Waals surface area contributed by atoms with Crippen LogP contribution in [0.3, 0.4) is 0 Å². The SMILES string of the molecule is COC(=O)[C@H](C#N)[C@]1(C)C(=O)N(C(=O)OC)c2cc(Br)ccc21. The van der Waals surface area contributed by atoms with E-state index in [1.807, 2.05) is 6.07 Å². The van der Waals surface area contributed by atoms with Crippen molar-refractivity contribution in [1.82, 2.24) is 0 Å². The molecule has 0 unspecified atom stereocenters. The highest BCUT2D eigenvalue weighted by Crippen LogP contribution is 2.47. The molecule has 0 saturated heterocycles. The molecular weight excluding hydrogens is 368 g/mol. The van der Waals surface area contributed by atoms with Gasteiger partial charge in [0.05, 0.1) is 26.0 Å². The van der Waals surface area contributed by atoms with Crippen molar-refractivity contribution in [3.63, 3.8) is 0 Å². The lowest BCUT2D eigenvalue weighted by atomic mass is 9.73. The molecule has 1 aliphatic heterocycles. The molecule has 1 heterocycles. The molecule has 0 bridgehead atoms. The van der Waals surface area contributed by atoms with Crippen LogP contribution in [0.25, 0.3) is 0 Å². The topological polar surface area (TPSA) is 96.7 Å². The monoisotopic (exact) mass is 380 g/mol. The fourth-order valence-corrected chi connectivity index (χ4v) is 3.02. The van der Waals surface area contributed by atoms with E-state index in [1.54, 1.807) is 18.2 Å². The predicted octanol–water partition coefficient (Wildman–Crippen LogP) is 2.13. The van der Waals surface area contributed by atoms with Crippen LogP contribution in [0.15, 0.2) is 22.7 Å². The van der Waals surface area contributed by atoms with Crippen molar-refractivity contribution in [2.45, 2.75) is 12.3 Å². The third kappa shape index (κ3) is 2.37. The third-order valence-corrected chi connectivity index (χ3v) is 4.40. The largest absolute Gasteiger partial charge is 0.468 e. The molecule has 1 aromatic carbocycles. The third-order valence-electron chi connectivity index (χ3n) is 3.91. The normalized spacial score (nSPS) is 20.5. The summed E-state index contributed by atoms with van der Waals surface area (Å²) in [5, 5.41) is 9.39. The Morgan fingerprint density at radius 2 is 2.00 bits per heavy atom. The highest BCUT2D eigenvalue weighted by Gasteiger charge is 2.57. The van der Waals surface area contributed by atoms with Crippen LogP contribution in [0.2, 0.25) is 0 Å². The second-order valence-electron chi connectivity index (χ2n) is 5.06. The number of hydrogen-bond donors (Lipinski definition) is 0. The number of fused-ring (bicyclic) bond motifs is 1. The van der Waals surface area contributed by atoms with Gasteiger partial charge < -0.3 is 9.47 Å². The summed E-state index contributed by atoms with van der Waals surface area (Å²) in [4.78, 5) is 37.7. The molecule has 0 spiro atoms. The molecule has 1 aliphatic rings. The van der Waals surface area contributed by atoms with Gasteiger partial charge in [-0.1, -0.05) is 22.0 Å². The first-order valence-corrected chi connectivity index (χ1v) is 7.32. The fourth-order valence-electron chi connectivity index (χ4n) is 2.67. The molecule has 2 atom stereocenters. The summed E-state index contributed by atoms with van der Waals surface area (Å²) in [5.41, 5.74) is -0.901. The second kappa shape index (κ2) is 6.01. The maximum absolute atomic E-state index is 12.9. The van der Waals surface area contributed by atoms with Gasteiger partial charge >= 0.3 is 12.1 Å². The summed E-state index contributed by atoms with van der Waals surface area (Å²) in [7, 11) is 2.28. The maximum Gasteiger partial charge on any atom is 0.420 e. The van der Waals surface area contributed by atoms with E-state index in [0.29, 0.717) is 10.0 Å². The average molecular weight is 381 g/mol. The van der Waals surface area contributed by atoms with Crippen molar-refractivity contribution in [2.24, 2.45) is 5.92 Å². The number of nitriles is 1. The zero-order chi connectivity index (χ0) is 17.4. The highest BCUT2D eigenvalue weighted by atomic mass is 79.9. The standard InChI is InChI=1S/C15H13BrN2O5/c1-15(10(7-17)12(19)22-2)9-5-4-8(16)6-11(9)18(13(15)20)14(21)23-3/h4-6,10H,1-3H3/t10-,15+/m0/s1. The van der Waals surface area contributed by atoms with Crippen molar-refractivity contribution in [3.8, 4) is 6.07 Å². The van der Waals surface area contributed by atoms with Gasteiger partial charge in [-0.3, -0.25) is 9.59 Å². The number of carbonyl (C=O) groups is 3. The maximum atomic E-state index is 12.9. The van der Waals surface area contributed by atoms with Crippen molar-refractivity contribution < 1.29 is 23.9 Å². The Labute approximate surface area is 140 Å². The molecule has 0 aliphatic carbocycles. The van der Waals surface area contributed by atoms with Crippen LogP contribution in [-0.4, -0.2) is 32.2 Å². The number of methoxy groups -OCH3 is 2. The number of anilines is 1. The molecular formula is C15H13BrN2O5. The van der Waals surface area contributed by atoms with E-state index in [0.717, 1.165) is 19.1 Å². The molecule has 23 heavy (non-hydrogen) atoms. The number of halogens is 1. The Hall–Kier alpha value is -2.40. The smallest absolute Gasteiger partial charge is 0.420 e. The molecule has 0 radical (unpaired) electrons. The van der Waals surface area contributed by atoms with E-state index in [9.17, 15) is 19.6 Å². The van der Waals surface area contributed by atoms with Crippen LogP contribution in [0.1, 0.15) is 12.5 Å². The first kappa shape index (κ1) is 17.0. The van der Waals surface area contributed by atoms with E-state index < -0.39 is 29.3 Å². The molecule has 0 aromatic heterocycles. The Morgan fingerprint density at radius 1 is 1.35 bits per heavy atom. The Kier molecular flexibility index (Phi) is 4.43. The molecule has 1 aromatic rings. The van der Waals surface area contributed by atoms with E-state index in [-0.39, 0.29) is 5.69 Å². The summed E-state index contributed by atoms with van der Waals surface area (Å²) in [6, 6.07) is 6.62. The number of esters is 1. The van der Waals surface area contributed by atoms with Crippen LogP contribution >= 0.6 is 15.9 Å². The van der Waals surface area contributed by atoms with Gasteiger partial charge in [-0.05, 0) is 24.6 Å². The Bertz CT molecular complexity index is 742. The van der Waals surface area contributed by atoms with Crippen LogP contribution < -0.4 is 4.90 Å². The van der Waals surface area contributed by atoms with Gasteiger partial charge in [-0.25, -0.2) is 9.69 Å². The fraction of sp³-hybridized carbons (Fsp3) is 0.333. The Balaban J connectivity index is 2.72. The zero-order valence-electron chi connectivity index (χ0n) is 12.6. The summed E-state index contributed by atoms with van der Waals surface area (Å²) >= 11 is 3.27. The minimum Gasteiger partial charge on any atom is -0.468 e. The molecule has 2 amide bonds. The lowest BCUT2D eigenvalue weighted by molar-refractivity contribution is -0.147. The molecule has 120 valence electrons. The quantitative estimate of drug-likeness (QED) is 0.729. The number of imide groups is 1. The van der Waals surface area contributed by atoms with Crippen LogP contribution in [-0.2, 0) is 24.5 Å². The van der Waals surface area contributed by atoms with Gasteiger partial charge in [0.1, 0.15) is 5.41 Å². The lowest BCUT2D eigenvalue weighted by Gasteiger charge is -2.26. The van der Waals surface area contributed by atoms with E-state index >= 15 is 0 Å². The van der Waals surface area contributed by atoms with Crippen molar-refractivity contribution in [1.29, 1.82) is 5.26 Å². The number of benzene rings is 1. The van der Waals surface area contributed by atoms with Gasteiger partial charge in [0, 0.05) is 4.47 Å². The molecule has 8 heteroatoms. The van der Waals surface area contributed by atoms with Crippen molar-refractivity contribution >= 4 is 39.6 Å². The van der Waals surface area contributed by atoms with Crippen LogP contribution in [0.4, 0.5) is 10.5 Å². The number of carbonyl (C=O) groups excluding carboxylic acids is 3. The molecule has 0 saturated carbocycles. The predicted molar refractivity (Wildman–Crippen MR) is 82.5 cm³/mol. The molecule has 0 fully saturated rings. The van der Waals surface area contributed by atoms with E-state index in [4.69, 9.17) is 0 Å². The first-order chi connectivity index (χ1) is 10.8. The summed E-state index contributed by atoms with van der Waals surface area (Å²) in [6.07, 6.45) is -0.889. The van der Waals surface area contributed by atoms with Gasteiger partial charge in [-0.15, -0.1) is 0 Å². The van der Waals surface area contributed by atoms with E-state index in [1.165, 1.54) is 6.92 Å². The number of amides is 2. The minimum absolute atomic E-state index is 0.267. The van der Waals surface area contributed by atoms with Gasteiger partial charge in [0.25, 0.3) is 0 Å². The minimum atomic E-state index is -1.55. The van der Waals surface area contributed by atoms with Gasteiger partial charge in [0.2, 0.25) is 5.91 Å². The summed E-state index contributed by atoms with van der Waals surface area (Å²) in [6.45, 7) is 1.44. The van der Waals surface area contributed by atoms with Crippen molar-refractivity contribution in [2.75, 3.05) is 19.1 Å². The second-order valence-corrected chi connectivity index (χ2v) is 5.98. The molecule has 2 rings (SSSR count). The number of ether oxygens (including phenoxy) is 2. The van der Waals surface area contributed by atoms with Crippen LogP contribution in [0.5, 0.6) is 0 Å². The first-order valence-electron chi connectivity index (χ1n) is 6.52.